The Morgan fingerprint density at radius 2 is 0.652 bits per heavy atom. The first-order valence-corrected chi connectivity index (χ1v) is 28.4. The van der Waals surface area contributed by atoms with Crippen molar-refractivity contribution in [2.45, 2.75) is 289 Å². The molecule has 0 aliphatic rings. The van der Waals surface area contributed by atoms with Gasteiger partial charge in [0.1, 0.15) is 0 Å². The predicted molar refractivity (Wildman–Crippen MR) is 280 cm³/mol. The van der Waals surface area contributed by atoms with E-state index in [4.69, 9.17) is 14.2 Å². The van der Waals surface area contributed by atoms with Crippen molar-refractivity contribution in [1.82, 2.24) is 4.90 Å². The Balaban J connectivity index is 4.16. The third-order valence-electron chi connectivity index (χ3n) is 12.9. The Hall–Kier alpha value is -2.19. The zero-order chi connectivity index (χ0) is 48.3. The monoisotopic (exact) mass is 932 g/mol. The summed E-state index contributed by atoms with van der Waals surface area (Å²) in [7, 11) is 3.89. The van der Waals surface area contributed by atoms with Crippen molar-refractivity contribution in [3.8, 4) is 0 Å². The molecule has 0 aromatic carbocycles. The summed E-state index contributed by atoms with van der Waals surface area (Å²) in [5, 5.41) is 11.7. The highest BCUT2D eigenvalue weighted by Crippen LogP contribution is 2.28. The highest BCUT2D eigenvalue weighted by Gasteiger charge is 2.25. The average molecular weight is 933 g/mol. The highest BCUT2D eigenvalue weighted by molar-refractivity contribution is 5.70. The van der Waals surface area contributed by atoms with Gasteiger partial charge in [0.05, 0.1) is 31.8 Å². The number of esters is 3. The standard InChI is InChI=1S/C58H109NO7/c1-5-7-9-11-13-15-17-19-21-23-25-27-29-31-37-45-55(60)64-52-42-35-33-39-48-58(63,50-41-44-54-66-57(62)47-51-59(3)4)49-40-34-36-43-53-65-56(61)46-38-32-30-28-26-24-22-20-18-16-14-12-10-8-6-2/h19-22,63H,5-18,23-54H2,1-4H3/b21-19-,22-20-. The second-order valence-electron chi connectivity index (χ2n) is 19.9. The molecule has 0 aromatic rings. The van der Waals surface area contributed by atoms with Gasteiger partial charge in [-0.05, 0) is 123 Å². The molecule has 0 heterocycles. The van der Waals surface area contributed by atoms with Gasteiger partial charge in [0.25, 0.3) is 0 Å². The predicted octanol–water partition coefficient (Wildman–Crippen LogP) is 16.4. The van der Waals surface area contributed by atoms with Crippen molar-refractivity contribution in [3.05, 3.63) is 24.3 Å². The molecule has 0 fully saturated rings. The number of ether oxygens (including phenoxy) is 3. The van der Waals surface area contributed by atoms with Crippen LogP contribution in [0.1, 0.15) is 284 Å². The van der Waals surface area contributed by atoms with E-state index in [0.29, 0.717) is 52.0 Å². The third kappa shape index (κ3) is 49.7. The minimum absolute atomic E-state index is 0.0720. The first-order valence-electron chi connectivity index (χ1n) is 28.4. The molecule has 0 amide bonds. The van der Waals surface area contributed by atoms with Crippen LogP contribution in [0, 0.1) is 0 Å². The van der Waals surface area contributed by atoms with Crippen LogP contribution in [0.25, 0.3) is 0 Å². The number of rotatable bonds is 52. The molecule has 8 heteroatoms. The number of carbonyl (C=O) groups is 3. The summed E-state index contributed by atoms with van der Waals surface area (Å²) in [6.45, 7) is 6.57. The molecule has 66 heavy (non-hydrogen) atoms. The molecule has 1 N–H and O–H groups in total. The lowest BCUT2D eigenvalue weighted by atomic mass is 9.85. The topological polar surface area (TPSA) is 102 Å². The number of allylic oxidation sites excluding steroid dienone is 4. The van der Waals surface area contributed by atoms with Gasteiger partial charge in [-0.3, -0.25) is 14.4 Å². The van der Waals surface area contributed by atoms with Gasteiger partial charge < -0.3 is 24.2 Å². The summed E-state index contributed by atoms with van der Waals surface area (Å²) in [5.74, 6) is -0.309. The molecule has 0 radical (unpaired) electrons. The van der Waals surface area contributed by atoms with E-state index in [1.807, 2.05) is 19.0 Å². The Labute approximate surface area is 409 Å². The fraction of sp³-hybridized carbons (Fsp3) is 0.879. The van der Waals surface area contributed by atoms with Crippen LogP contribution >= 0.6 is 0 Å². The number of hydrogen-bond acceptors (Lipinski definition) is 8. The minimum atomic E-state index is -0.734. The van der Waals surface area contributed by atoms with Gasteiger partial charge in [0, 0.05) is 19.4 Å². The van der Waals surface area contributed by atoms with Crippen LogP contribution in [0.5, 0.6) is 0 Å². The first-order chi connectivity index (χ1) is 32.2. The molecule has 0 rings (SSSR count). The van der Waals surface area contributed by atoms with Crippen LogP contribution in [0.2, 0.25) is 0 Å². The number of aliphatic hydroxyl groups is 1. The normalized spacial score (nSPS) is 12.0. The van der Waals surface area contributed by atoms with Gasteiger partial charge in [-0.15, -0.1) is 0 Å². The summed E-state index contributed by atoms with van der Waals surface area (Å²) in [6.07, 6.45) is 54.6. The minimum Gasteiger partial charge on any atom is -0.466 e. The molecule has 0 aliphatic heterocycles. The van der Waals surface area contributed by atoms with Gasteiger partial charge in [0.2, 0.25) is 0 Å². The fourth-order valence-electron chi connectivity index (χ4n) is 8.52. The lowest BCUT2D eigenvalue weighted by Gasteiger charge is -2.28. The molecule has 0 saturated carbocycles. The van der Waals surface area contributed by atoms with E-state index in [1.165, 1.54) is 141 Å². The summed E-state index contributed by atoms with van der Waals surface area (Å²) >= 11 is 0. The van der Waals surface area contributed by atoms with E-state index < -0.39 is 5.60 Å². The summed E-state index contributed by atoms with van der Waals surface area (Å²) < 4.78 is 16.5. The van der Waals surface area contributed by atoms with E-state index in [1.54, 1.807) is 0 Å². The van der Waals surface area contributed by atoms with E-state index >= 15 is 0 Å². The van der Waals surface area contributed by atoms with Gasteiger partial charge in [-0.25, -0.2) is 0 Å². The zero-order valence-electron chi connectivity index (χ0n) is 44.2. The maximum Gasteiger partial charge on any atom is 0.307 e. The van der Waals surface area contributed by atoms with Crippen molar-refractivity contribution in [2.24, 2.45) is 0 Å². The third-order valence-corrected chi connectivity index (χ3v) is 12.9. The van der Waals surface area contributed by atoms with Crippen molar-refractivity contribution in [3.63, 3.8) is 0 Å². The van der Waals surface area contributed by atoms with E-state index in [9.17, 15) is 19.5 Å². The molecule has 0 saturated heterocycles. The van der Waals surface area contributed by atoms with Crippen LogP contribution in [-0.2, 0) is 28.6 Å². The molecule has 0 bridgehead atoms. The number of unbranched alkanes of at least 4 members (excludes halogenated alkanes) is 29. The highest BCUT2D eigenvalue weighted by atomic mass is 16.5. The van der Waals surface area contributed by atoms with E-state index in [-0.39, 0.29) is 17.9 Å². The molecular weight excluding hydrogens is 823 g/mol. The molecule has 0 atom stereocenters. The van der Waals surface area contributed by atoms with Crippen LogP contribution in [-0.4, -0.2) is 74.0 Å². The van der Waals surface area contributed by atoms with Crippen molar-refractivity contribution >= 4 is 17.9 Å². The molecule has 388 valence electrons. The number of carbonyl (C=O) groups excluding carboxylic acids is 3. The Kier molecular flexibility index (Phi) is 49.0. The van der Waals surface area contributed by atoms with Crippen LogP contribution in [0.3, 0.4) is 0 Å². The fourth-order valence-corrected chi connectivity index (χ4v) is 8.52. The van der Waals surface area contributed by atoms with Gasteiger partial charge >= 0.3 is 17.9 Å². The molecule has 0 unspecified atom stereocenters. The molecule has 0 aliphatic carbocycles. The summed E-state index contributed by atoms with van der Waals surface area (Å²) in [5.41, 5.74) is -0.734. The summed E-state index contributed by atoms with van der Waals surface area (Å²) in [4.78, 5) is 38.5. The molecular formula is C58H109NO7. The lowest BCUT2D eigenvalue weighted by molar-refractivity contribution is -0.144. The van der Waals surface area contributed by atoms with Crippen molar-refractivity contribution in [2.75, 3.05) is 40.5 Å². The Morgan fingerprint density at radius 3 is 1.02 bits per heavy atom. The SMILES string of the molecule is CCCCCCCC/C=C\CCCCCCCC(=O)OCCCCCCC(O)(CCCCCCOC(=O)CCCCCCC/C=C\CCCCCCCC)CCCCOC(=O)CCN(C)C. The maximum absolute atomic E-state index is 12.3. The second kappa shape index (κ2) is 50.7. The van der Waals surface area contributed by atoms with Gasteiger partial charge in [-0.2, -0.15) is 0 Å². The number of hydrogen-bond donors (Lipinski definition) is 1. The smallest absolute Gasteiger partial charge is 0.307 e. The van der Waals surface area contributed by atoms with Crippen molar-refractivity contribution < 1.29 is 33.7 Å². The molecule has 0 aromatic heterocycles. The lowest BCUT2D eigenvalue weighted by Crippen LogP contribution is -2.29. The van der Waals surface area contributed by atoms with E-state index in [0.717, 1.165) is 103 Å². The largest absolute Gasteiger partial charge is 0.466 e. The molecule has 0 spiro atoms. The zero-order valence-corrected chi connectivity index (χ0v) is 44.2. The maximum atomic E-state index is 12.3. The molecule has 8 nitrogen and oxygen atoms in total. The van der Waals surface area contributed by atoms with Crippen LogP contribution in [0.4, 0.5) is 0 Å². The summed E-state index contributed by atoms with van der Waals surface area (Å²) in [6, 6.07) is 0. The van der Waals surface area contributed by atoms with Crippen LogP contribution in [0.15, 0.2) is 24.3 Å². The van der Waals surface area contributed by atoms with Crippen LogP contribution < -0.4 is 0 Å². The van der Waals surface area contributed by atoms with Gasteiger partial charge in [-0.1, -0.05) is 179 Å². The first kappa shape index (κ1) is 63.8. The van der Waals surface area contributed by atoms with E-state index in [2.05, 4.69) is 38.2 Å². The second-order valence-corrected chi connectivity index (χ2v) is 19.9. The average Bonchev–Trinajstić information content (AvgIpc) is 3.30. The van der Waals surface area contributed by atoms with Gasteiger partial charge in [0.15, 0.2) is 0 Å². The number of nitrogens with zero attached hydrogens (tertiary/aromatic N) is 1. The Bertz CT molecular complexity index is 1050. The quantitative estimate of drug-likeness (QED) is 0.0278. The Morgan fingerprint density at radius 1 is 0.379 bits per heavy atom. The van der Waals surface area contributed by atoms with Crippen molar-refractivity contribution in [1.29, 1.82) is 0 Å².